The van der Waals surface area contributed by atoms with Crippen molar-refractivity contribution >= 4 is 11.6 Å². The molecule has 0 radical (unpaired) electrons. The monoisotopic (exact) mass is 252 g/mol. The van der Waals surface area contributed by atoms with Gasteiger partial charge in [-0.1, -0.05) is 12.1 Å². The predicted molar refractivity (Wildman–Crippen MR) is 72.0 cm³/mol. The molecule has 0 saturated heterocycles. The van der Waals surface area contributed by atoms with Crippen LogP contribution < -0.4 is 5.32 Å². The van der Waals surface area contributed by atoms with E-state index in [2.05, 4.69) is 5.32 Å². The lowest BCUT2D eigenvalue weighted by molar-refractivity contribution is 0.102. The van der Waals surface area contributed by atoms with Gasteiger partial charge in [0.1, 0.15) is 5.75 Å². The van der Waals surface area contributed by atoms with Gasteiger partial charge in [0.15, 0.2) is 0 Å². The second-order valence-corrected chi connectivity index (χ2v) is 4.10. The standard InChI is InChI=1S/C15H12N2O2/c1-10-13(6-3-7-14(10)18)17-15(19)12-5-2-4-11(8-12)9-16/h2-8,18H,1H3,(H,17,19). The average molecular weight is 252 g/mol. The molecule has 4 nitrogen and oxygen atoms in total. The summed E-state index contributed by atoms with van der Waals surface area (Å²) in [6.45, 7) is 1.72. The molecule has 0 spiro atoms. The molecule has 0 aliphatic rings. The summed E-state index contributed by atoms with van der Waals surface area (Å²) >= 11 is 0. The van der Waals surface area contributed by atoms with Gasteiger partial charge in [-0.3, -0.25) is 4.79 Å². The average Bonchev–Trinajstić information content (AvgIpc) is 2.44. The first-order chi connectivity index (χ1) is 9.11. The number of hydrogen-bond acceptors (Lipinski definition) is 3. The van der Waals surface area contributed by atoms with Gasteiger partial charge in [-0.15, -0.1) is 0 Å². The number of carbonyl (C=O) groups excluding carboxylic acids is 1. The zero-order valence-corrected chi connectivity index (χ0v) is 10.3. The Labute approximate surface area is 110 Å². The molecule has 1 amide bonds. The number of rotatable bonds is 2. The fourth-order valence-corrected chi connectivity index (χ4v) is 1.68. The van der Waals surface area contributed by atoms with Crippen molar-refractivity contribution < 1.29 is 9.90 Å². The van der Waals surface area contributed by atoms with E-state index in [0.29, 0.717) is 22.4 Å². The number of aromatic hydroxyl groups is 1. The summed E-state index contributed by atoms with van der Waals surface area (Å²) in [5.74, 6) is -0.186. The Kier molecular flexibility index (Phi) is 3.48. The molecule has 4 heteroatoms. The highest BCUT2D eigenvalue weighted by Gasteiger charge is 2.09. The molecule has 0 heterocycles. The third-order valence-corrected chi connectivity index (χ3v) is 2.81. The molecule has 0 aliphatic heterocycles. The summed E-state index contributed by atoms with van der Waals surface area (Å²) in [5, 5.41) is 21.1. The first kappa shape index (κ1) is 12.7. The van der Waals surface area contributed by atoms with Crippen molar-refractivity contribution in [3.05, 3.63) is 59.2 Å². The SMILES string of the molecule is Cc1c(O)cccc1NC(=O)c1cccc(C#N)c1. The number of nitrogens with one attached hydrogen (secondary N) is 1. The van der Waals surface area contributed by atoms with Crippen molar-refractivity contribution in [2.24, 2.45) is 0 Å². The minimum atomic E-state index is -0.314. The lowest BCUT2D eigenvalue weighted by Gasteiger charge is -2.09. The highest BCUT2D eigenvalue weighted by molar-refractivity contribution is 6.05. The van der Waals surface area contributed by atoms with Crippen molar-refractivity contribution in [1.82, 2.24) is 0 Å². The Hall–Kier alpha value is -2.80. The highest BCUT2D eigenvalue weighted by Crippen LogP contribution is 2.24. The third kappa shape index (κ3) is 2.72. The number of anilines is 1. The molecule has 2 rings (SSSR count). The molecule has 0 aromatic heterocycles. The number of hydrogen-bond donors (Lipinski definition) is 2. The zero-order chi connectivity index (χ0) is 13.8. The van der Waals surface area contributed by atoms with Gasteiger partial charge >= 0.3 is 0 Å². The maximum Gasteiger partial charge on any atom is 0.255 e. The summed E-state index contributed by atoms with van der Waals surface area (Å²) in [6.07, 6.45) is 0. The molecule has 2 N–H and O–H groups in total. The lowest BCUT2D eigenvalue weighted by Crippen LogP contribution is -2.12. The summed E-state index contributed by atoms with van der Waals surface area (Å²) < 4.78 is 0. The van der Waals surface area contributed by atoms with Crippen LogP contribution in [0.4, 0.5) is 5.69 Å². The first-order valence-corrected chi connectivity index (χ1v) is 5.72. The molecular formula is C15H12N2O2. The fourth-order valence-electron chi connectivity index (χ4n) is 1.68. The van der Waals surface area contributed by atoms with Crippen molar-refractivity contribution in [3.63, 3.8) is 0 Å². The summed E-state index contributed by atoms with van der Waals surface area (Å²) in [4.78, 5) is 12.0. The number of benzene rings is 2. The van der Waals surface area contributed by atoms with E-state index in [9.17, 15) is 9.90 Å². The Balaban J connectivity index is 2.26. The van der Waals surface area contributed by atoms with Crippen molar-refractivity contribution in [2.75, 3.05) is 5.32 Å². The second kappa shape index (κ2) is 5.23. The van der Waals surface area contributed by atoms with Crippen molar-refractivity contribution in [1.29, 1.82) is 5.26 Å². The van der Waals surface area contributed by atoms with Crippen LogP contribution >= 0.6 is 0 Å². The van der Waals surface area contributed by atoms with Gasteiger partial charge in [0.2, 0.25) is 0 Å². The van der Waals surface area contributed by atoms with Crippen LogP contribution in [-0.4, -0.2) is 11.0 Å². The quantitative estimate of drug-likeness (QED) is 0.863. The molecule has 94 valence electrons. The first-order valence-electron chi connectivity index (χ1n) is 5.72. The molecule has 0 saturated carbocycles. The molecule has 0 atom stereocenters. The Morgan fingerprint density at radius 2 is 2.00 bits per heavy atom. The number of carbonyl (C=O) groups is 1. The van der Waals surface area contributed by atoms with E-state index in [-0.39, 0.29) is 11.7 Å². The number of amides is 1. The van der Waals surface area contributed by atoms with Gasteiger partial charge in [-0.2, -0.15) is 5.26 Å². The molecular weight excluding hydrogens is 240 g/mol. The summed E-state index contributed by atoms with van der Waals surface area (Å²) in [5.41, 5.74) is 1.99. The molecule has 0 fully saturated rings. The van der Waals surface area contributed by atoms with Crippen LogP contribution in [0.2, 0.25) is 0 Å². The Bertz CT molecular complexity index is 672. The third-order valence-electron chi connectivity index (χ3n) is 2.81. The number of nitrogens with zero attached hydrogens (tertiary/aromatic N) is 1. The topological polar surface area (TPSA) is 73.1 Å². The Morgan fingerprint density at radius 1 is 1.26 bits per heavy atom. The zero-order valence-electron chi connectivity index (χ0n) is 10.3. The van der Waals surface area contributed by atoms with Crippen molar-refractivity contribution in [3.8, 4) is 11.8 Å². The van der Waals surface area contributed by atoms with E-state index in [1.807, 2.05) is 6.07 Å². The minimum absolute atomic E-state index is 0.128. The molecule has 2 aromatic rings. The normalized spacial score (nSPS) is 9.68. The molecule has 0 bridgehead atoms. The van der Waals surface area contributed by atoms with Crippen LogP contribution in [0.15, 0.2) is 42.5 Å². The summed E-state index contributed by atoms with van der Waals surface area (Å²) in [7, 11) is 0. The van der Waals surface area contributed by atoms with Gasteiger partial charge in [-0.25, -0.2) is 0 Å². The Morgan fingerprint density at radius 3 is 2.74 bits per heavy atom. The van der Waals surface area contributed by atoms with Gasteiger partial charge in [-0.05, 0) is 37.3 Å². The van der Waals surface area contributed by atoms with Crippen LogP contribution in [0.5, 0.6) is 5.75 Å². The van der Waals surface area contributed by atoms with Gasteiger partial charge in [0.25, 0.3) is 5.91 Å². The van der Waals surface area contributed by atoms with Crippen LogP contribution in [0, 0.1) is 18.3 Å². The van der Waals surface area contributed by atoms with Crippen molar-refractivity contribution in [2.45, 2.75) is 6.92 Å². The maximum atomic E-state index is 12.0. The van der Waals surface area contributed by atoms with Crippen LogP contribution in [-0.2, 0) is 0 Å². The minimum Gasteiger partial charge on any atom is -0.508 e. The number of nitriles is 1. The van der Waals surface area contributed by atoms with E-state index in [0.717, 1.165) is 0 Å². The van der Waals surface area contributed by atoms with E-state index in [1.165, 1.54) is 6.07 Å². The van der Waals surface area contributed by atoms with Gasteiger partial charge in [0.05, 0.1) is 11.6 Å². The molecule has 0 unspecified atom stereocenters. The van der Waals surface area contributed by atoms with E-state index in [4.69, 9.17) is 5.26 Å². The van der Waals surface area contributed by atoms with E-state index in [1.54, 1.807) is 43.3 Å². The molecule has 19 heavy (non-hydrogen) atoms. The largest absolute Gasteiger partial charge is 0.508 e. The molecule has 2 aromatic carbocycles. The van der Waals surface area contributed by atoms with E-state index >= 15 is 0 Å². The van der Waals surface area contributed by atoms with Crippen LogP contribution in [0.3, 0.4) is 0 Å². The van der Waals surface area contributed by atoms with Gasteiger partial charge < -0.3 is 10.4 Å². The molecule has 0 aliphatic carbocycles. The fraction of sp³-hybridized carbons (Fsp3) is 0.0667. The second-order valence-electron chi connectivity index (χ2n) is 4.10. The van der Waals surface area contributed by atoms with Crippen LogP contribution in [0.25, 0.3) is 0 Å². The predicted octanol–water partition coefficient (Wildman–Crippen LogP) is 2.82. The van der Waals surface area contributed by atoms with Gasteiger partial charge in [0, 0.05) is 16.8 Å². The number of phenolic OH excluding ortho intramolecular Hbond substituents is 1. The van der Waals surface area contributed by atoms with E-state index < -0.39 is 0 Å². The highest BCUT2D eigenvalue weighted by atomic mass is 16.3. The summed E-state index contributed by atoms with van der Waals surface area (Å²) in [6, 6.07) is 13.4. The maximum absolute atomic E-state index is 12.0. The lowest BCUT2D eigenvalue weighted by atomic mass is 10.1. The smallest absolute Gasteiger partial charge is 0.255 e. The number of phenols is 1. The van der Waals surface area contributed by atoms with Crippen LogP contribution in [0.1, 0.15) is 21.5 Å².